The van der Waals surface area contributed by atoms with Gasteiger partial charge in [-0.25, -0.2) is 0 Å². The van der Waals surface area contributed by atoms with Crippen LogP contribution >= 0.6 is 11.3 Å². The smallest absolute Gasteiger partial charge is 0.252 e. The van der Waals surface area contributed by atoms with Gasteiger partial charge in [0.1, 0.15) is 0 Å². The molecule has 0 aromatic carbocycles. The number of aliphatic hydroxyl groups is 1. The van der Waals surface area contributed by atoms with Crippen LogP contribution in [0.4, 0.5) is 0 Å². The average Bonchev–Trinajstić information content (AvgIpc) is 3.34. The van der Waals surface area contributed by atoms with Crippen molar-refractivity contribution < 1.29 is 19.4 Å². The molecule has 7 heteroatoms. The minimum Gasteiger partial charge on any atom is -0.396 e. The van der Waals surface area contributed by atoms with Gasteiger partial charge in [0.2, 0.25) is 5.91 Å². The molecule has 1 aliphatic heterocycles. The molecule has 6 nitrogen and oxygen atoms in total. The van der Waals surface area contributed by atoms with Crippen molar-refractivity contribution in [2.24, 2.45) is 28.6 Å². The van der Waals surface area contributed by atoms with Crippen LogP contribution in [-0.4, -0.2) is 36.7 Å². The van der Waals surface area contributed by atoms with Crippen molar-refractivity contribution in [2.45, 2.75) is 58.6 Å². The van der Waals surface area contributed by atoms with Gasteiger partial charge < -0.3 is 20.5 Å². The second-order valence-corrected chi connectivity index (χ2v) is 11.6. The van der Waals surface area contributed by atoms with Gasteiger partial charge in [0.25, 0.3) is 5.91 Å². The van der Waals surface area contributed by atoms with Gasteiger partial charge >= 0.3 is 0 Å². The summed E-state index contributed by atoms with van der Waals surface area (Å²) in [4.78, 5) is 27.1. The summed E-state index contributed by atoms with van der Waals surface area (Å²) in [6, 6.07) is 0. The molecule has 30 heavy (non-hydrogen) atoms. The van der Waals surface area contributed by atoms with Gasteiger partial charge in [-0.15, -0.1) is 11.3 Å². The molecule has 5 atom stereocenters. The van der Waals surface area contributed by atoms with Gasteiger partial charge in [-0.05, 0) is 61.8 Å². The lowest BCUT2D eigenvalue weighted by Gasteiger charge is -2.34. The van der Waals surface area contributed by atoms with Crippen LogP contribution in [0.5, 0.6) is 0 Å². The minimum absolute atomic E-state index is 0.0153. The first kappa shape index (κ1) is 20.5. The fraction of sp³-hybridized carbons (Fsp3) is 0.739. The lowest BCUT2D eigenvalue weighted by molar-refractivity contribution is -0.138. The highest BCUT2D eigenvalue weighted by atomic mass is 32.1. The fourth-order valence-corrected chi connectivity index (χ4v) is 7.53. The Morgan fingerprint density at radius 3 is 2.70 bits per heavy atom. The number of hydrogen-bond donors (Lipinski definition) is 3. The average molecular weight is 433 g/mol. The molecule has 2 heterocycles. The molecular formula is C23H32N2O4S. The first-order chi connectivity index (χ1) is 14.3. The predicted octanol–water partition coefficient (Wildman–Crippen LogP) is 3.01. The van der Waals surface area contributed by atoms with E-state index in [9.17, 15) is 14.7 Å². The van der Waals surface area contributed by atoms with E-state index >= 15 is 0 Å². The Balaban J connectivity index is 1.30. The zero-order chi connectivity index (χ0) is 21.1. The molecule has 1 aromatic heterocycles. The van der Waals surface area contributed by atoms with Crippen molar-refractivity contribution in [2.75, 3.05) is 19.8 Å². The van der Waals surface area contributed by atoms with Gasteiger partial charge in [-0.3, -0.25) is 9.59 Å². The number of nitrogens with one attached hydrogen (secondary N) is 2. The first-order valence-electron chi connectivity index (χ1n) is 11.2. The van der Waals surface area contributed by atoms with Crippen molar-refractivity contribution in [1.82, 2.24) is 10.6 Å². The summed E-state index contributed by atoms with van der Waals surface area (Å²) in [5.41, 5.74) is 1.13. The Morgan fingerprint density at radius 2 is 2.00 bits per heavy atom. The Kier molecular flexibility index (Phi) is 4.99. The van der Waals surface area contributed by atoms with Crippen LogP contribution in [0.2, 0.25) is 0 Å². The molecule has 3 N–H and O–H groups in total. The molecule has 1 aromatic rings. The maximum Gasteiger partial charge on any atom is 0.252 e. The van der Waals surface area contributed by atoms with E-state index in [1.54, 1.807) is 0 Å². The van der Waals surface area contributed by atoms with Crippen molar-refractivity contribution in [3.05, 3.63) is 21.4 Å². The second kappa shape index (κ2) is 7.31. The highest BCUT2D eigenvalue weighted by molar-refractivity contribution is 7.10. The molecule has 4 unspecified atom stereocenters. The molecule has 2 amide bonds. The summed E-state index contributed by atoms with van der Waals surface area (Å²) in [5, 5.41) is 17.5. The monoisotopic (exact) mass is 432 g/mol. The summed E-state index contributed by atoms with van der Waals surface area (Å²) >= 11 is 1.49. The van der Waals surface area contributed by atoms with E-state index in [0.29, 0.717) is 31.1 Å². The summed E-state index contributed by atoms with van der Waals surface area (Å²) in [6.07, 6.45) is 6.05. The maximum atomic E-state index is 13.4. The number of amides is 2. The van der Waals surface area contributed by atoms with Gasteiger partial charge in [0.15, 0.2) is 6.23 Å². The number of hydrogen-bond acceptors (Lipinski definition) is 5. The van der Waals surface area contributed by atoms with Crippen LogP contribution in [0.15, 0.2) is 5.38 Å². The zero-order valence-electron chi connectivity index (χ0n) is 17.8. The fourth-order valence-electron chi connectivity index (χ4n) is 6.43. The number of aliphatic hydroxyl groups excluding tert-OH is 1. The Hall–Kier alpha value is -1.44. The lowest BCUT2D eigenvalue weighted by Crippen LogP contribution is -2.45. The van der Waals surface area contributed by atoms with Crippen LogP contribution in [0.1, 0.15) is 73.0 Å². The number of carbonyl (C=O) groups excluding carboxylic acids is 2. The van der Waals surface area contributed by atoms with E-state index in [0.717, 1.165) is 35.1 Å². The zero-order valence-corrected chi connectivity index (χ0v) is 18.6. The van der Waals surface area contributed by atoms with Gasteiger partial charge in [-0.1, -0.05) is 13.8 Å². The van der Waals surface area contributed by atoms with E-state index in [1.165, 1.54) is 30.6 Å². The quantitative estimate of drug-likeness (QED) is 0.645. The molecule has 4 saturated carbocycles. The van der Waals surface area contributed by atoms with Crippen molar-refractivity contribution in [3.63, 3.8) is 0 Å². The van der Waals surface area contributed by atoms with E-state index in [4.69, 9.17) is 4.74 Å². The number of ether oxygens (including phenoxy) is 1. The Morgan fingerprint density at radius 1 is 1.27 bits per heavy atom. The van der Waals surface area contributed by atoms with Crippen LogP contribution in [0, 0.1) is 28.6 Å². The van der Waals surface area contributed by atoms with Crippen LogP contribution in [-0.2, 0) is 16.0 Å². The van der Waals surface area contributed by atoms with Crippen LogP contribution < -0.4 is 10.6 Å². The highest BCUT2D eigenvalue weighted by Crippen LogP contribution is 2.65. The topological polar surface area (TPSA) is 87.7 Å². The normalized spacial score (nSPS) is 34.1. The van der Waals surface area contributed by atoms with Crippen molar-refractivity contribution in [3.8, 4) is 0 Å². The number of fused-ring (bicyclic) bond motifs is 1. The first-order valence-corrected chi connectivity index (χ1v) is 12.1. The molecular weight excluding hydrogens is 400 g/mol. The Labute approximate surface area is 181 Å². The van der Waals surface area contributed by atoms with Crippen LogP contribution in [0.25, 0.3) is 0 Å². The molecule has 0 spiro atoms. The molecule has 164 valence electrons. The number of rotatable bonds is 6. The summed E-state index contributed by atoms with van der Waals surface area (Å²) < 4.78 is 5.96. The summed E-state index contributed by atoms with van der Waals surface area (Å²) in [5.74, 6) is 2.06. The summed E-state index contributed by atoms with van der Waals surface area (Å²) in [7, 11) is 0. The molecule has 4 bridgehead atoms. The van der Waals surface area contributed by atoms with Crippen molar-refractivity contribution in [1.29, 1.82) is 0 Å². The molecule has 4 aliphatic carbocycles. The minimum atomic E-state index is -0.450. The second-order valence-electron chi connectivity index (χ2n) is 10.7. The van der Waals surface area contributed by atoms with E-state index < -0.39 is 6.23 Å². The third-order valence-electron chi connectivity index (χ3n) is 7.91. The maximum absolute atomic E-state index is 13.4. The molecule has 0 saturated heterocycles. The standard InChI is InChI=1S/C23H32N2O4S/c1-22(2,12-26)11-24-19(27)17-10-30-18-16(17)3-4-29-20(18)25-21(28)23-8-13-5-14(9-23)7-15(23)6-13/h10,13-15,20,26H,3-9,11-12H2,1-2H3,(H,24,27)(H,25,28)/t13-,14?,15?,20?,23?/m1/s1. The molecule has 5 aliphatic rings. The van der Waals surface area contributed by atoms with Crippen LogP contribution in [0.3, 0.4) is 0 Å². The summed E-state index contributed by atoms with van der Waals surface area (Å²) in [6.45, 7) is 4.76. The molecule has 6 rings (SSSR count). The molecule has 0 radical (unpaired) electrons. The largest absolute Gasteiger partial charge is 0.396 e. The van der Waals surface area contributed by atoms with Crippen molar-refractivity contribution >= 4 is 23.2 Å². The van der Waals surface area contributed by atoms with E-state index in [1.807, 2.05) is 19.2 Å². The number of carbonyl (C=O) groups is 2. The third-order valence-corrected chi connectivity index (χ3v) is 8.97. The lowest BCUT2D eigenvalue weighted by atomic mass is 9.75. The SMILES string of the molecule is CC(C)(CO)CNC(=O)c1csc2c1CCOC2NC(=O)C12CC3CC1C[C@@H](C3)C2. The van der Waals surface area contributed by atoms with Gasteiger partial charge in [0, 0.05) is 23.9 Å². The van der Waals surface area contributed by atoms with Gasteiger partial charge in [0.05, 0.1) is 22.5 Å². The number of thiophene rings is 1. The van der Waals surface area contributed by atoms with Gasteiger partial charge in [-0.2, -0.15) is 0 Å². The third kappa shape index (κ3) is 3.30. The van der Waals surface area contributed by atoms with E-state index in [-0.39, 0.29) is 29.3 Å². The van der Waals surface area contributed by atoms with E-state index in [2.05, 4.69) is 10.6 Å². The molecule has 4 fully saturated rings. The highest BCUT2D eigenvalue weighted by Gasteiger charge is 2.61. The Bertz CT molecular complexity index is 849. The predicted molar refractivity (Wildman–Crippen MR) is 114 cm³/mol.